The molecular formula is C19H20N6O2S. The molecule has 0 bridgehead atoms. The molecule has 4 aromatic rings. The number of thiazole rings is 1. The first-order chi connectivity index (χ1) is 13.3. The van der Waals surface area contributed by atoms with Gasteiger partial charge in [-0.2, -0.15) is 5.10 Å². The number of carbonyl (C=O) groups excluding carboxylic acids is 1. The SMILES string of the molecule is COC(=O)Cn1ncc2c(Nc3ccc4nc(C(C)(C)C)sc4c3)ncnc21. The molecule has 144 valence electrons. The Labute approximate surface area is 165 Å². The minimum absolute atomic E-state index is 0.00113. The Morgan fingerprint density at radius 1 is 1.29 bits per heavy atom. The van der Waals surface area contributed by atoms with Crippen LogP contribution in [0, 0.1) is 0 Å². The minimum Gasteiger partial charge on any atom is -0.468 e. The van der Waals surface area contributed by atoms with Crippen LogP contribution in [0.15, 0.2) is 30.7 Å². The van der Waals surface area contributed by atoms with Crippen LogP contribution in [0.4, 0.5) is 11.5 Å². The molecule has 0 atom stereocenters. The van der Waals surface area contributed by atoms with Gasteiger partial charge >= 0.3 is 5.97 Å². The second-order valence-corrected chi connectivity index (χ2v) is 8.45. The van der Waals surface area contributed by atoms with Crippen molar-refractivity contribution in [1.29, 1.82) is 0 Å². The number of carbonyl (C=O) groups is 1. The number of rotatable bonds is 4. The smallest absolute Gasteiger partial charge is 0.327 e. The molecule has 3 aromatic heterocycles. The number of esters is 1. The van der Waals surface area contributed by atoms with E-state index in [2.05, 4.69) is 47.2 Å². The molecule has 28 heavy (non-hydrogen) atoms. The van der Waals surface area contributed by atoms with Gasteiger partial charge in [0.05, 0.1) is 33.9 Å². The van der Waals surface area contributed by atoms with E-state index in [1.54, 1.807) is 17.5 Å². The fraction of sp³-hybridized carbons (Fsp3) is 0.316. The number of ether oxygens (including phenoxy) is 1. The van der Waals surface area contributed by atoms with Crippen LogP contribution < -0.4 is 5.32 Å². The minimum atomic E-state index is -0.386. The number of anilines is 2. The highest BCUT2D eigenvalue weighted by Crippen LogP contribution is 2.33. The Bertz CT molecular complexity index is 1170. The van der Waals surface area contributed by atoms with Gasteiger partial charge in [0.2, 0.25) is 0 Å². The zero-order chi connectivity index (χ0) is 19.9. The molecule has 0 fully saturated rings. The number of hydrogen-bond acceptors (Lipinski definition) is 8. The molecule has 1 aromatic carbocycles. The first-order valence-corrected chi connectivity index (χ1v) is 9.58. The molecule has 0 saturated heterocycles. The van der Waals surface area contributed by atoms with E-state index in [0.29, 0.717) is 11.5 Å². The van der Waals surface area contributed by atoms with Crippen LogP contribution in [0.2, 0.25) is 0 Å². The molecule has 0 radical (unpaired) electrons. The second-order valence-electron chi connectivity index (χ2n) is 7.41. The molecule has 0 aliphatic carbocycles. The molecule has 0 amide bonds. The quantitative estimate of drug-likeness (QED) is 0.526. The number of fused-ring (bicyclic) bond motifs is 2. The summed E-state index contributed by atoms with van der Waals surface area (Å²) in [5, 5.41) is 9.39. The van der Waals surface area contributed by atoms with Gasteiger partial charge in [-0.3, -0.25) is 4.79 Å². The summed E-state index contributed by atoms with van der Waals surface area (Å²) in [6, 6.07) is 6.04. The molecular weight excluding hydrogens is 376 g/mol. The van der Waals surface area contributed by atoms with Crippen LogP contribution >= 0.6 is 11.3 Å². The largest absolute Gasteiger partial charge is 0.468 e. The Morgan fingerprint density at radius 2 is 2.11 bits per heavy atom. The summed E-state index contributed by atoms with van der Waals surface area (Å²) in [4.78, 5) is 24.9. The third kappa shape index (κ3) is 3.40. The molecule has 1 N–H and O–H groups in total. The summed E-state index contributed by atoms with van der Waals surface area (Å²) in [6.07, 6.45) is 3.09. The monoisotopic (exact) mass is 396 g/mol. The average molecular weight is 396 g/mol. The van der Waals surface area contributed by atoms with Gasteiger partial charge in [-0.05, 0) is 18.2 Å². The van der Waals surface area contributed by atoms with Crippen LogP contribution in [0.25, 0.3) is 21.3 Å². The summed E-state index contributed by atoms with van der Waals surface area (Å²) >= 11 is 1.69. The van der Waals surface area contributed by atoms with E-state index >= 15 is 0 Å². The third-order valence-electron chi connectivity index (χ3n) is 4.23. The van der Waals surface area contributed by atoms with E-state index in [1.165, 1.54) is 18.1 Å². The van der Waals surface area contributed by atoms with E-state index in [9.17, 15) is 4.79 Å². The zero-order valence-electron chi connectivity index (χ0n) is 16.1. The highest BCUT2D eigenvalue weighted by atomic mass is 32.1. The topological polar surface area (TPSA) is 94.8 Å². The first kappa shape index (κ1) is 18.3. The van der Waals surface area contributed by atoms with Crippen LogP contribution in [0.3, 0.4) is 0 Å². The third-order valence-corrected chi connectivity index (χ3v) is 5.68. The molecule has 0 spiro atoms. The molecule has 0 aliphatic heterocycles. The van der Waals surface area contributed by atoms with Crippen molar-refractivity contribution in [2.45, 2.75) is 32.7 Å². The van der Waals surface area contributed by atoms with Gasteiger partial charge in [0.25, 0.3) is 0 Å². The van der Waals surface area contributed by atoms with Gasteiger partial charge in [0.15, 0.2) is 5.65 Å². The van der Waals surface area contributed by atoms with Crippen molar-refractivity contribution in [2.75, 3.05) is 12.4 Å². The van der Waals surface area contributed by atoms with Crippen LogP contribution in [0.1, 0.15) is 25.8 Å². The van der Waals surface area contributed by atoms with E-state index in [4.69, 9.17) is 9.72 Å². The lowest BCUT2D eigenvalue weighted by atomic mass is 9.98. The van der Waals surface area contributed by atoms with Crippen molar-refractivity contribution >= 4 is 50.1 Å². The Hall–Kier alpha value is -3.07. The fourth-order valence-electron chi connectivity index (χ4n) is 2.75. The molecule has 8 nitrogen and oxygen atoms in total. The maximum atomic E-state index is 11.5. The predicted molar refractivity (Wildman–Crippen MR) is 109 cm³/mol. The average Bonchev–Trinajstić information content (AvgIpc) is 3.26. The summed E-state index contributed by atoms with van der Waals surface area (Å²) in [7, 11) is 1.34. The van der Waals surface area contributed by atoms with Crippen molar-refractivity contribution in [1.82, 2.24) is 24.7 Å². The Balaban J connectivity index is 1.67. The summed E-state index contributed by atoms with van der Waals surface area (Å²) in [5.74, 6) is 0.240. The number of aromatic nitrogens is 5. The molecule has 3 heterocycles. The van der Waals surface area contributed by atoms with E-state index < -0.39 is 0 Å². The molecule has 4 rings (SSSR count). The number of nitrogens with one attached hydrogen (secondary N) is 1. The lowest BCUT2D eigenvalue weighted by Gasteiger charge is -2.13. The van der Waals surface area contributed by atoms with Crippen molar-refractivity contribution in [2.24, 2.45) is 0 Å². The van der Waals surface area contributed by atoms with E-state index in [1.807, 2.05) is 12.1 Å². The van der Waals surface area contributed by atoms with Crippen LogP contribution in [-0.4, -0.2) is 37.8 Å². The zero-order valence-corrected chi connectivity index (χ0v) is 16.9. The summed E-state index contributed by atoms with van der Waals surface area (Å²) in [6.45, 7) is 6.48. The fourth-order valence-corrected chi connectivity index (χ4v) is 3.82. The highest BCUT2D eigenvalue weighted by Gasteiger charge is 2.19. The predicted octanol–water partition coefficient (Wildman–Crippen LogP) is 3.65. The summed E-state index contributed by atoms with van der Waals surface area (Å²) in [5.41, 5.74) is 2.47. The second kappa shape index (κ2) is 6.83. The number of methoxy groups -OCH3 is 1. The van der Waals surface area contributed by atoms with Crippen LogP contribution in [-0.2, 0) is 21.5 Å². The lowest BCUT2D eigenvalue weighted by Crippen LogP contribution is -2.13. The van der Waals surface area contributed by atoms with Crippen molar-refractivity contribution < 1.29 is 9.53 Å². The van der Waals surface area contributed by atoms with Crippen LogP contribution in [0.5, 0.6) is 0 Å². The van der Waals surface area contributed by atoms with Gasteiger partial charge in [-0.25, -0.2) is 19.6 Å². The molecule has 0 aliphatic rings. The van der Waals surface area contributed by atoms with E-state index in [-0.39, 0.29) is 17.9 Å². The number of hydrogen-bond donors (Lipinski definition) is 1. The van der Waals surface area contributed by atoms with Gasteiger partial charge in [-0.15, -0.1) is 11.3 Å². The van der Waals surface area contributed by atoms with Crippen molar-refractivity contribution in [3.63, 3.8) is 0 Å². The Morgan fingerprint density at radius 3 is 2.86 bits per heavy atom. The highest BCUT2D eigenvalue weighted by molar-refractivity contribution is 7.18. The first-order valence-electron chi connectivity index (χ1n) is 8.76. The van der Waals surface area contributed by atoms with Gasteiger partial charge in [0, 0.05) is 11.1 Å². The Kier molecular flexibility index (Phi) is 4.46. The molecule has 0 saturated carbocycles. The standard InChI is InChI=1S/C19H20N6O2S/c1-19(2,3)18-24-13-6-5-11(7-14(13)28-18)23-16-12-8-22-25(9-15(26)27-4)17(12)21-10-20-16/h5-8,10H,9H2,1-4H3,(H,20,21,23). The maximum absolute atomic E-state index is 11.5. The number of nitrogens with zero attached hydrogens (tertiary/aromatic N) is 5. The van der Waals surface area contributed by atoms with E-state index in [0.717, 1.165) is 26.3 Å². The van der Waals surface area contributed by atoms with Gasteiger partial charge in [-0.1, -0.05) is 20.8 Å². The normalized spacial score (nSPS) is 11.9. The van der Waals surface area contributed by atoms with Crippen molar-refractivity contribution in [3.8, 4) is 0 Å². The van der Waals surface area contributed by atoms with Gasteiger partial charge in [0.1, 0.15) is 18.7 Å². The maximum Gasteiger partial charge on any atom is 0.327 e. The lowest BCUT2D eigenvalue weighted by molar-refractivity contribution is -0.141. The van der Waals surface area contributed by atoms with Gasteiger partial charge < -0.3 is 10.1 Å². The van der Waals surface area contributed by atoms with Crippen molar-refractivity contribution in [3.05, 3.63) is 35.7 Å². The molecule has 9 heteroatoms. The number of benzene rings is 1. The molecule has 0 unspecified atom stereocenters. The summed E-state index contributed by atoms with van der Waals surface area (Å²) < 4.78 is 7.31.